The van der Waals surface area contributed by atoms with Crippen LogP contribution >= 0.6 is 11.8 Å². The highest BCUT2D eigenvalue weighted by molar-refractivity contribution is 7.99. The van der Waals surface area contributed by atoms with Crippen molar-refractivity contribution < 1.29 is 9.18 Å². The monoisotopic (exact) mass is 286 g/mol. The van der Waals surface area contributed by atoms with E-state index in [1.54, 1.807) is 12.1 Å². The fourth-order valence-electron chi connectivity index (χ4n) is 2.62. The lowest BCUT2D eigenvalue weighted by Gasteiger charge is -2.09. The summed E-state index contributed by atoms with van der Waals surface area (Å²) in [6.07, 6.45) is 3.43. The molecule has 0 heterocycles. The Labute approximate surface area is 122 Å². The van der Waals surface area contributed by atoms with Gasteiger partial charge in [-0.1, -0.05) is 30.0 Å². The number of carbonyl (C=O) groups excluding carboxylic acids is 1. The number of rotatable bonds is 3. The normalized spacial score (nSPS) is 13.3. The summed E-state index contributed by atoms with van der Waals surface area (Å²) in [6, 6.07) is 10.9. The highest BCUT2D eigenvalue weighted by Crippen LogP contribution is 2.35. The number of ketones is 1. The third kappa shape index (κ3) is 2.50. The maximum Gasteiger partial charge on any atom is 0.161 e. The molecule has 3 rings (SSSR count). The average Bonchev–Trinajstić information content (AvgIpc) is 2.88. The third-order valence-corrected chi connectivity index (χ3v) is 4.74. The fraction of sp³-hybridized carbons (Fsp3) is 0.235. The molecule has 0 saturated heterocycles. The first-order valence-corrected chi connectivity index (χ1v) is 7.56. The minimum atomic E-state index is -0.330. The Hall–Kier alpha value is -1.61. The van der Waals surface area contributed by atoms with Gasteiger partial charge in [0.15, 0.2) is 5.78 Å². The molecule has 0 saturated carbocycles. The summed E-state index contributed by atoms with van der Waals surface area (Å²) in [5.74, 6) is -0.434. The summed E-state index contributed by atoms with van der Waals surface area (Å²) < 4.78 is 14.0. The Morgan fingerprint density at radius 3 is 2.75 bits per heavy atom. The van der Waals surface area contributed by atoms with Crippen molar-refractivity contribution in [2.24, 2.45) is 0 Å². The molecule has 1 nitrogen and oxygen atoms in total. The van der Waals surface area contributed by atoms with Crippen LogP contribution in [0.15, 0.2) is 46.2 Å². The van der Waals surface area contributed by atoms with E-state index in [0.29, 0.717) is 10.5 Å². The number of fused-ring (bicyclic) bond motifs is 1. The maximum atomic E-state index is 14.0. The lowest BCUT2D eigenvalue weighted by Crippen LogP contribution is -1.97. The molecule has 20 heavy (non-hydrogen) atoms. The van der Waals surface area contributed by atoms with Gasteiger partial charge >= 0.3 is 0 Å². The standard InChI is InChI=1S/C17H15FOS/c1-11(19)15-6-3-7-16(18)17(15)20-14-9-8-12-4-2-5-13(12)10-14/h3,6-10H,2,4-5H2,1H3. The molecule has 0 N–H and O–H groups in total. The quantitative estimate of drug-likeness (QED) is 0.763. The summed E-state index contributed by atoms with van der Waals surface area (Å²) in [4.78, 5) is 13.0. The molecule has 0 aliphatic heterocycles. The van der Waals surface area contributed by atoms with E-state index in [1.807, 2.05) is 6.07 Å². The Balaban J connectivity index is 1.97. The van der Waals surface area contributed by atoms with Gasteiger partial charge in [-0.05, 0) is 55.5 Å². The van der Waals surface area contributed by atoms with Crippen molar-refractivity contribution in [3.63, 3.8) is 0 Å². The van der Waals surface area contributed by atoms with Crippen molar-refractivity contribution in [2.45, 2.75) is 36.0 Å². The summed E-state index contributed by atoms with van der Waals surface area (Å²) in [5, 5.41) is 0. The number of hydrogen-bond acceptors (Lipinski definition) is 2. The van der Waals surface area contributed by atoms with Crippen molar-refractivity contribution in [1.29, 1.82) is 0 Å². The van der Waals surface area contributed by atoms with Gasteiger partial charge in [0.25, 0.3) is 0 Å². The first-order valence-electron chi connectivity index (χ1n) is 6.74. The van der Waals surface area contributed by atoms with Gasteiger partial charge in [-0.25, -0.2) is 4.39 Å². The zero-order valence-corrected chi connectivity index (χ0v) is 12.1. The first-order chi connectivity index (χ1) is 9.65. The van der Waals surface area contributed by atoms with E-state index < -0.39 is 0 Å². The van der Waals surface area contributed by atoms with Crippen LogP contribution in [-0.2, 0) is 12.8 Å². The predicted octanol–water partition coefficient (Wildman–Crippen LogP) is 4.67. The number of hydrogen-bond donors (Lipinski definition) is 0. The fourth-order valence-corrected chi connectivity index (χ4v) is 3.68. The van der Waals surface area contributed by atoms with Crippen LogP contribution in [0, 0.1) is 5.82 Å². The number of halogens is 1. The van der Waals surface area contributed by atoms with Gasteiger partial charge in [-0.3, -0.25) is 4.79 Å². The Kier molecular flexibility index (Phi) is 3.62. The van der Waals surface area contributed by atoms with E-state index in [9.17, 15) is 9.18 Å². The maximum absolute atomic E-state index is 14.0. The molecule has 2 aromatic carbocycles. The van der Waals surface area contributed by atoms with Crippen molar-refractivity contribution in [2.75, 3.05) is 0 Å². The molecule has 0 atom stereocenters. The molecule has 0 aromatic heterocycles. The van der Waals surface area contributed by atoms with Crippen LogP contribution in [0.25, 0.3) is 0 Å². The second-order valence-corrected chi connectivity index (χ2v) is 6.14. The number of carbonyl (C=O) groups is 1. The lowest BCUT2D eigenvalue weighted by molar-refractivity contribution is 0.101. The molecule has 0 radical (unpaired) electrons. The van der Waals surface area contributed by atoms with Gasteiger partial charge in [-0.2, -0.15) is 0 Å². The van der Waals surface area contributed by atoms with E-state index in [4.69, 9.17) is 0 Å². The van der Waals surface area contributed by atoms with Crippen LogP contribution in [0.2, 0.25) is 0 Å². The van der Waals surface area contributed by atoms with E-state index in [-0.39, 0.29) is 11.6 Å². The van der Waals surface area contributed by atoms with Crippen LogP contribution in [0.3, 0.4) is 0 Å². The van der Waals surface area contributed by atoms with E-state index >= 15 is 0 Å². The van der Waals surface area contributed by atoms with Crippen LogP contribution in [0.5, 0.6) is 0 Å². The molecular weight excluding hydrogens is 271 g/mol. The number of Topliss-reactive ketones (excluding diaryl/α,β-unsaturated/α-hetero) is 1. The van der Waals surface area contributed by atoms with Gasteiger partial charge in [0.2, 0.25) is 0 Å². The molecule has 102 valence electrons. The van der Waals surface area contributed by atoms with E-state index in [1.165, 1.54) is 42.3 Å². The van der Waals surface area contributed by atoms with Gasteiger partial charge in [0, 0.05) is 10.5 Å². The SMILES string of the molecule is CC(=O)c1cccc(F)c1Sc1ccc2c(c1)CCC2. The van der Waals surface area contributed by atoms with E-state index in [2.05, 4.69) is 12.1 Å². The minimum absolute atomic E-state index is 0.104. The highest BCUT2D eigenvalue weighted by atomic mass is 32.2. The summed E-state index contributed by atoms with van der Waals surface area (Å²) in [6.45, 7) is 1.47. The Morgan fingerprint density at radius 2 is 1.95 bits per heavy atom. The largest absolute Gasteiger partial charge is 0.294 e. The summed E-state index contributed by atoms with van der Waals surface area (Å²) in [5.41, 5.74) is 3.21. The van der Waals surface area contributed by atoms with Crippen molar-refractivity contribution in [3.05, 3.63) is 58.9 Å². The Morgan fingerprint density at radius 1 is 1.15 bits per heavy atom. The zero-order valence-electron chi connectivity index (χ0n) is 11.3. The van der Waals surface area contributed by atoms with Crippen LogP contribution in [-0.4, -0.2) is 5.78 Å². The molecule has 1 aliphatic carbocycles. The van der Waals surface area contributed by atoms with Gasteiger partial charge < -0.3 is 0 Å². The van der Waals surface area contributed by atoms with Crippen molar-refractivity contribution in [3.8, 4) is 0 Å². The topological polar surface area (TPSA) is 17.1 Å². The average molecular weight is 286 g/mol. The number of aryl methyl sites for hydroxylation is 2. The molecular formula is C17H15FOS. The molecule has 0 amide bonds. The molecule has 0 bridgehead atoms. The molecule has 2 aromatic rings. The molecule has 0 unspecified atom stereocenters. The Bertz CT molecular complexity index is 679. The second-order valence-electron chi connectivity index (χ2n) is 5.06. The molecule has 3 heteroatoms. The molecule has 1 aliphatic rings. The summed E-state index contributed by atoms with van der Waals surface area (Å²) >= 11 is 1.34. The van der Waals surface area contributed by atoms with Crippen LogP contribution < -0.4 is 0 Å². The highest BCUT2D eigenvalue weighted by Gasteiger charge is 2.15. The van der Waals surface area contributed by atoms with Gasteiger partial charge in [0.1, 0.15) is 5.82 Å². The first kappa shape index (κ1) is 13.4. The summed E-state index contributed by atoms with van der Waals surface area (Å²) in [7, 11) is 0. The third-order valence-electron chi connectivity index (χ3n) is 3.64. The van der Waals surface area contributed by atoms with Crippen molar-refractivity contribution >= 4 is 17.5 Å². The molecule has 0 spiro atoms. The smallest absolute Gasteiger partial charge is 0.161 e. The van der Waals surface area contributed by atoms with Crippen LogP contribution in [0.1, 0.15) is 34.8 Å². The van der Waals surface area contributed by atoms with Crippen LogP contribution in [0.4, 0.5) is 4.39 Å². The second kappa shape index (κ2) is 5.41. The lowest BCUT2D eigenvalue weighted by atomic mass is 10.1. The van der Waals surface area contributed by atoms with Gasteiger partial charge in [-0.15, -0.1) is 0 Å². The van der Waals surface area contributed by atoms with Crippen molar-refractivity contribution in [1.82, 2.24) is 0 Å². The number of benzene rings is 2. The molecule has 0 fully saturated rings. The zero-order chi connectivity index (χ0) is 14.1. The minimum Gasteiger partial charge on any atom is -0.294 e. The predicted molar refractivity (Wildman–Crippen MR) is 79.0 cm³/mol. The van der Waals surface area contributed by atoms with E-state index in [0.717, 1.165) is 17.7 Å². The van der Waals surface area contributed by atoms with Gasteiger partial charge in [0.05, 0.1) is 4.90 Å².